The maximum atomic E-state index is 13.4. The Kier molecular flexibility index (Phi) is 4.01. The van der Waals surface area contributed by atoms with Crippen LogP contribution in [0.5, 0.6) is 0 Å². The van der Waals surface area contributed by atoms with Crippen LogP contribution < -0.4 is 10.5 Å². The highest BCUT2D eigenvalue weighted by Gasteiger charge is 2.15. The summed E-state index contributed by atoms with van der Waals surface area (Å²) in [6, 6.07) is 7.07. The molecule has 7 heteroatoms. The maximum absolute atomic E-state index is 13.4. The Morgan fingerprint density at radius 3 is 2.60 bits per heavy atom. The van der Waals surface area contributed by atoms with Crippen molar-refractivity contribution in [2.45, 2.75) is 18.4 Å². The Balaban J connectivity index is 2.27. The number of pyridine rings is 1. The van der Waals surface area contributed by atoms with Gasteiger partial charge >= 0.3 is 0 Å². The summed E-state index contributed by atoms with van der Waals surface area (Å²) in [7, 11) is -3.79. The molecule has 0 aliphatic heterocycles. The van der Waals surface area contributed by atoms with Gasteiger partial charge in [-0.25, -0.2) is 12.8 Å². The first-order valence-corrected chi connectivity index (χ1v) is 7.34. The largest absolute Gasteiger partial charge is 0.325 e. The molecule has 1 aromatic carbocycles. The number of rotatable bonds is 4. The van der Waals surface area contributed by atoms with Gasteiger partial charge in [0.25, 0.3) is 10.0 Å². The molecule has 0 bridgehead atoms. The van der Waals surface area contributed by atoms with Crippen LogP contribution in [0.25, 0.3) is 0 Å². The summed E-state index contributed by atoms with van der Waals surface area (Å²) >= 11 is 0. The number of aryl methyl sites for hydroxylation is 1. The van der Waals surface area contributed by atoms with E-state index < -0.39 is 15.8 Å². The molecule has 0 spiro atoms. The maximum Gasteiger partial charge on any atom is 0.263 e. The summed E-state index contributed by atoms with van der Waals surface area (Å²) in [4.78, 5) is 3.91. The molecule has 0 unspecified atom stereocenters. The number of sulfonamides is 1. The lowest BCUT2D eigenvalue weighted by Crippen LogP contribution is -2.14. The molecule has 2 aromatic rings. The fourth-order valence-corrected chi connectivity index (χ4v) is 2.55. The van der Waals surface area contributed by atoms with E-state index in [1.807, 2.05) is 0 Å². The normalized spacial score (nSPS) is 11.3. The number of aromatic nitrogens is 1. The molecular weight excluding hydrogens is 281 g/mol. The Bertz CT molecular complexity index is 715. The minimum absolute atomic E-state index is 0.00400. The molecule has 1 heterocycles. The number of nitrogens with zero attached hydrogens (tertiary/aromatic N) is 1. The number of nitrogens with two attached hydrogens (primary N) is 1. The standard InChI is InChI=1S/C13H14FN3O2S/c1-9-2-3-10(6-13(9)14)17-20(18,19)12-5-4-11(7-15)16-8-12/h2-6,8,17H,7,15H2,1H3. The highest BCUT2D eigenvalue weighted by Crippen LogP contribution is 2.18. The quantitative estimate of drug-likeness (QED) is 0.900. The highest BCUT2D eigenvalue weighted by molar-refractivity contribution is 7.92. The van der Waals surface area contributed by atoms with E-state index in [1.165, 1.54) is 30.5 Å². The molecule has 0 aliphatic rings. The number of benzene rings is 1. The van der Waals surface area contributed by atoms with Gasteiger partial charge in [0.2, 0.25) is 0 Å². The van der Waals surface area contributed by atoms with Crippen LogP contribution in [0.3, 0.4) is 0 Å². The van der Waals surface area contributed by atoms with Crippen molar-refractivity contribution in [3.8, 4) is 0 Å². The molecule has 20 heavy (non-hydrogen) atoms. The zero-order valence-corrected chi connectivity index (χ0v) is 11.6. The molecule has 0 amide bonds. The van der Waals surface area contributed by atoms with Crippen molar-refractivity contribution < 1.29 is 12.8 Å². The molecule has 0 fully saturated rings. The third-order valence-corrected chi connectivity index (χ3v) is 4.11. The molecule has 0 saturated heterocycles. The van der Waals surface area contributed by atoms with E-state index in [1.54, 1.807) is 6.92 Å². The molecule has 1 aromatic heterocycles. The Hall–Kier alpha value is -1.99. The van der Waals surface area contributed by atoms with Crippen molar-refractivity contribution in [3.05, 3.63) is 53.6 Å². The van der Waals surface area contributed by atoms with Gasteiger partial charge < -0.3 is 5.73 Å². The second-order valence-electron chi connectivity index (χ2n) is 4.26. The number of halogens is 1. The summed E-state index contributed by atoms with van der Waals surface area (Å²) < 4.78 is 39.9. The predicted molar refractivity (Wildman–Crippen MR) is 74.1 cm³/mol. The van der Waals surface area contributed by atoms with E-state index in [0.29, 0.717) is 11.3 Å². The van der Waals surface area contributed by atoms with Crippen molar-refractivity contribution >= 4 is 15.7 Å². The van der Waals surface area contributed by atoms with E-state index >= 15 is 0 Å². The van der Waals surface area contributed by atoms with E-state index in [2.05, 4.69) is 9.71 Å². The summed E-state index contributed by atoms with van der Waals surface area (Å²) in [6.07, 6.45) is 1.22. The Morgan fingerprint density at radius 1 is 1.30 bits per heavy atom. The lowest BCUT2D eigenvalue weighted by atomic mass is 10.2. The highest BCUT2D eigenvalue weighted by atomic mass is 32.2. The summed E-state index contributed by atoms with van der Waals surface area (Å²) in [5, 5.41) is 0. The minimum Gasteiger partial charge on any atom is -0.325 e. The molecule has 0 saturated carbocycles. The summed E-state index contributed by atoms with van der Waals surface area (Å²) in [5.74, 6) is -0.471. The van der Waals surface area contributed by atoms with Gasteiger partial charge in [-0.15, -0.1) is 0 Å². The van der Waals surface area contributed by atoms with Crippen LogP contribution >= 0.6 is 0 Å². The lowest BCUT2D eigenvalue weighted by Gasteiger charge is -2.09. The van der Waals surface area contributed by atoms with Gasteiger partial charge in [-0.2, -0.15) is 0 Å². The smallest absolute Gasteiger partial charge is 0.263 e. The average Bonchev–Trinajstić information content (AvgIpc) is 2.43. The number of anilines is 1. The van der Waals surface area contributed by atoms with Gasteiger partial charge in [0, 0.05) is 12.7 Å². The topological polar surface area (TPSA) is 85.1 Å². The van der Waals surface area contributed by atoms with Crippen molar-refractivity contribution in [2.24, 2.45) is 5.73 Å². The molecular formula is C13H14FN3O2S. The minimum atomic E-state index is -3.79. The summed E-state index contributed by atoms with van der Waals surface area (Å²) in [5.41, 5.74) is 6.59. The molecule has 5 nitrogen and oxygen atoms in total. The van der Waals surface area contributed by atoms with E-state index in [4.69, 9.17) is 5.73 Å². The fourth-order valence-electron chi connectivity index (χ4n) is 1.56. The van der Waals surface area contributed by atoms with Gasteiger partial charge in [0.05, 0.1) is 11.4 Å². The number of nitrogens with one attached hydrogen (secondary N) is 1. The third-order valence-electron chi connectivity index (χ3n) is 2.74. The second-order valence-corrected chi connectivity index (χ2v) is 5.94. The molecule has 2 rings (SSSR count). The van der Waals surface area contributed by atoms with Crippen molar-refractivity contribution in [1.82, 2.24) is 4.98 Å². The van der Waals surface area contributed by atoms with E-state index in [9.17, 15) is 12.8 Å². The van der Waals surface area contributed by atoms with Crippen LogP contribution in [-0.2, 0) is 16.6 Å². The van der Waals surface area contributed by atoms with Crippen LogP contribution in [0.2, 0.25) is 0 Å². The predicted octanol–water partition coefficient (Wildman–Crippen LogP) is 1.79. The van der Waals surface area contributed by atoms with Gasteiger partial charge in [-0.3, -0.25) is 9.71 Å². The first kappa shape index (κ1) is 14.4. The van der Waals surface area contributed by atoms with Crippen LogP contribution in [0.1, 0.15) is 11.3 Å². The fraction of sp³-hybridized carbons (Fsp3) is 0.154. The van der Waals surface area contributed by atoms with Crippen molar-refractivity contribution in [2.75, 3.05) is 4.72 Å². The second kappa shape index (κ2) is 5.56. The van der Waals surface area contributed by atoms with Gasteiger partial charge in [-0.05, 0) is 36.8 Å². The molecule has 0 radical (unpaired) electrons. The van der Waals surface area contributed by atoms with E-state index in [0.717, 1.165) is 6.07 Å². The number of hydrogen-bond donors (Lipinski definition) is 2. The van der Waals surface area contributed by atoms with Crippen LogP contribution in [-0.4, -0.2) is 13.4 Å². The molecule has 0 aliphatic carbocycles. The average molecular weight is 295 g/mol. The molecule has 3 N–H and O–H groups in total. The zero-order chi connectivity index (χ0) is 14.8. The van der Waals surface area contributed by atoms with Crippen molar-refractivity contribution in [3.63, 3.8) is 0 Å². The molecule has 106 valence electrons. The number of hydrogen-bond acceptors (Lipinski definition) is 4. The third kappa shape index (κ3) is 3.12. The van der Waals surface area contributed by atoms with Gasteiger partial charge in [0.15, 0.2) is 0 Å². The van der Waals surface area contributed by atoms with E-state index in [-0.39, 0.29) is 17.1 Å². The Morgan fingerprint density at radius 2 is 2.05 bits per heavy atom. The monoisotopic (exact) mass is 295 g/mol. The van der Waals surface area contributed by atoms with Gasteiger partial charge in [0.1, 0.15) is 10.7 Å². The van der Waals surface area contributed by atoms with Gasteiger partial charge in [-0.1, -0.05) is 6.07 Å². The zero-order valence-electron chi connectivity index (χ0n) is 10.8. The van der Waals surface area contributed by atoms with Crippen LogP contribution in [0.4, 0.5) is 10.1 Å². The first-order chi connectivity index (χ1) is 9.42. The lowest BCUT2D eigenvalue weighted by molar-refractivity contribution is 0.600. The van der Waals surface area contributed by atoms with Crippen LogP contribution in [0, 0.1) is 12.7 Å². The summed E-state index contributed by atoms with van der Waals surface area (Å²) in [6.45, 7) is 1.83. The first-order valence-electron chi connectivity index (χ1n) is 5.86. The SMILES string of the molecule is Cc1ccc(NS(=O)(=O)c2ccc(CN)nc2)cc1F. The van der Waals surface area contributed by atoms with Crippen molar-refractivity contribution in [1.29, 1.82) is 0 Å². The Labute approximate surface area is 116 Å². The molecule has 0 atom stereocenters. The van der Waals surface area contributed by atoms with Crippen LogP contribution in [0.15, 0.2) is 41.4 Å².